The summed E-state index contributed by atoms with van der Waals surface area (Å²) in [6.07, 6.45) is 5.75. The summed E-state index contributed by atoms with van der Waals surface area (Å²) in [4.78, 5) is 11.3. The summed E-state index contributed by atoms with van der Waals surface area (Å²) in [6, 6.07) is 8.17. The molecule has 0 aliphatic heterocycles. The molecule has 1 atom stereocenters. The van der Waals surface area contributed by atoms with E-state index < -0.39 is 5.97 Å². The van der Waals surface area contributed by atoms with Crippen molar-refractivity contribution in [2.45, 2.75) is 51.0 Å². The molecule has 0 radical (unpaired) electrons. The standard InChI is InChI=1S/C18H27NO3.2ClH/c1-3-4-5-14(17(20)21)10-13-19-18(11-12-18)15-6-8-16(22-2)9-7-15;;/h6-9,14,19H,3-5,10-13H2,1-2H3,(H,20,21);2*1H. The Kier molecular flexibility index (Phi) is 10.4. The molecular weight excluding hydrogens is 349 g/mol. The molecule has 1 saturated carbocycles. The number of hydrogen-bond acceptors (Lipinski definition) is 3. The molecule has 4 nitrogen and oxygen atoms in total. The van der Waals surface area contributed by atoms with E-state index in [2.05, 4.69) is 24.4 Å². The number of carboxylic acids is 1. The van der Waals surface area contributed by atoms with E-state index in [-0.39, 0.29) is 36.3 Å². The molecule has 0 bridgehead atoms. The summed E-state index contributed by atoms with van der Waals surface area (Å²) in [6.45, 7) is 2.85. The molecule has 0 amide bonds. The number of methoxy groups -OCH3 is 1. The van der Waals surface area contributed by atoms with Gasteiger partial charge in [-0.1, -0.05) is 31.9 Å². The highest BCUT2D eigenvalue weighted by molar-refractivity contribution is 5.85. The first kappa shape index (κ1) is 23.0. The van der Waals surface area contributed by atoms with Gasteiger partial charge in [0, 0.05) is 5.54 Å². The number of unbranched alkanes of at least 4 members (excludes halogenated alkanes) is 1. The number of nitrogens with one attached hydrogen (secondary N) is 1. The third-order valence-electron chi connectivity index (χ3n) is 4.60. The lowest BCUT2D eigenvalue weighted by Gasteiger charge is -2.20. The predicted octanol–water partition coefficient (Wildman–Crippen LogP) is 4.40. The smallest absolute Gasteiger partial charge is 0.306 e. The maximum Gasteiger partial charge on any atom is 0.306 e. The Labute approximate surface area is 157 Å². The third kappa shape index (κ3) is 6.15. The van der Waals surface area contributed by atoms with E-state index in [1.165, 1.54) is 5.56 Å². The fraction of sp³-hybridized carbons (Fsp3) is 0.611. The number of rotatable bonds is 10. The third-order valence-corrected chi connectivity index (χ3v) is 4.60. The van der Waals surface area contributed by atoms with Gasteiger partial charge in [-0.05, 0) is 49.9 Å². The van der Waals surface area contributed by atoms with Crippen molar-refractivity contribution in [2.24, 2.45) is 5.92 Å². The molecule has 2 N–H and O–H groups in total. The highest BCUT2D eigenvalue weighted by Crippen LogP contribution is 2.45. The Morgan fingerprint density at radius 2 is 1.88 bits per heavy atom. The summed E-state index contributed by atoms with van der Waals surface area (Å²) < 4.78 is 5.19. The number of ether oxygens (including phenoxy) is 1. The van der Waals surface area contributed by atoms with Crippen molar-refractivity contribution in [3.63, 3.8) is 0 Å². The van der Waals surface area contributed by atoms with Gasteiger partial charge in [0.25, 0.3) is 0 Å². The SMILES string of the molecule is CCCCC(CCNC1(c2ccc(OC)cc2)CC1)C(=O)O.Cl.Cl. The molecule has 138 valence electrons. The second-order valence-electron chi connectivity index (χ2n) is 6.20. The molecule has 1 aromatic rings. The van der Waals surface area contributed by atoms with E-state index in [1.807, 2.05) is 12.1 Å². The Hall–Kier alpha value is -0.970. The first-order valence-electron chi connectivity index (χ1n) is 8.23. The van der Waals surface area contributed by atoms with Crippen LogP contribution < -0.4 is 10.1 Å². The molecule has 24 heavy (non-hydrogen) atoms. The van der Waals surface area contributed by atoms with Crippen LogP contribution in [0.15, 0.2) is 24.3 Å². The lowest BCUT2D eigenvalue weighted by Crippen LogP contribution is -2.32. The van der Waals surface area contributed by atoms with Crippen LogP contribution in [0.25, 0.3) is 0 Å². The fourth-order valence-electron chi connectivity index (χ4n) is 2.93. The maximum absolute atomic E-state index is 11.3. The maximum atomic E-state index is 11.3. The first-order chi connectivity index (χ1) is 10.6. The fourth-order valence-corrected chi connectivity index (χ4v) is 2.93. The zero-order valence-electron chi connectivity index (χ0n) is 14.4. The topological polar surface area (TPSA) is 58.6 Å². The van der Waals surface area contributed by atoms with Gasteiger partial charge < -0.3 is 15.2 Å². The molecule has 0 heterocycles. The van der Waals surface area contributed by atoms with Crippen LogP contribution in [0.2, 0.25) is 0 Å². The van der Waals surface area contributed by atoms with Crippen LogP contribution in [-0.4, -0.2) is 24.7 Å². The summed E-state index contributed by atoms with van der Waals surface area (Å²) >= 11 is 0. The molecule has 1 unspecified atom stereocenters. The van der Waals surface area contributed by atoms with Crippen LogP contribution in [0.1, 0.15) is 51.0 Å². The van der Waals surface area contributed by atoms with E-state index >= 15 is 0 Å². The van der Waals surface area contributed by atoms with Crippen LogP contribution in [0.3, 0.4) is 0 Å². The number of benzene rings is 1. The molecule has 6 heteroatoms. The average Bonchev–Trinajstić information content (AvgIpc) is 3.31. The van der Waals surface area contributed by atoms with E-state index in [0.29, 0.717) is 6.42 Å². The lowest BCUT2D eigenvalue weighted by molar-refractivity contribution is -0.142. The molecule has 0 aromatic heterocycles. The van der Waals surface area contributed by atoms with E-state index in [1.54, 1.807) is 7.11 Å². The Morgan fingerprint density at radius 3 is 2.33 bits per heavy atom. The van der Waals surface area contributed by atoms with Crippen LogP contribution >= 0.6 is 24.8 Å². The highest BCUT2D eigenvalue weighted by atomic mass is 35.5. The zero-order valence-corrected chi connectivity index (χ0v) is 16.0. The predicted molar refractivity (Wildman–Crippen MR) is 102 cm³/mol. The molecule has 1 fully saturated rings. The number of aliphatic carboxylic acids is 1. The molecule has 1 aliphatic rings. The van der Waals surface area contributed by atoms with Crippen molar-refractivity contribution in [1.82, 2.24) is 5.32 Å². The lowest BCUT2D eigenvalue weighted by atomic mass is 9.98. The second-order valence-corrected chi connectivity index (χ2v) is 6.20. The van der Waals surface area contributed by atoms with Crippen molar-refractivity contribution in [2.75, 3.05) is 13.7 Å². The number of carbonyl (C=O) groups is 1. The van der Waals surface area contributed by atoms with Gasteiger partial charge in [-0.3, -0.25) is 4.79 Å². The Morgan fingerprint density at radius 1 is 1.25 bits per heavy atom. The van der Waals surface area contributed by atoms with E-state index in [4.69, 9.17) is 4.74 Å². The quantitative estimate of drug-likeness (QED) is 0.634. The molecule has 0 saturated heterocycles. The minimum atomic E-state index is -0.662. The molecule has 1 aromatic carbocycles. The number of carboxylic acid groups (broad SMARTS) is 1. The zero-order chi connectivity index (χ0) is 16.0. The average molecular weight is 378 g/mol. The van der Waals surface area contributed by atoms with Gasteiger partial charge in [0.05, 0.1) is 13.0 Å². The van der Waals surface area contributed by atoms with Gasteiger partial charge in [0.15, 0.2) is 0 Å². The summed E-state index contributed by atoms with van der Waals surface area (Å²) in [7, 11) is 1.67. The monoisotopic (exact) mass is 377 g/mol. The molecule has 0 spiro atoms. The van der Waals surface area contributed by atoms with E-state index in [9.17, 15) is 9.90 Å². The minimum absolute atomic E-state index is 0. The van der Waals surface area contributed by atoms with Crippen LogP contribution in [-0.2, 0) is 10.3 Å². The van der Waals surface area contributed by atoms with Gasteiger partial charge in [-0.25, -0.2) is 0 Å². The first-order valence-corrected chi connectivity index (χ1v) is 8.23. The largest absolute Gasteiger partial charge is 0.497 e. The molecule has 1 aliphatic carbocycles. The van der Waals surface area contributed by atoms with Gasteiger partial charge >= 0.3 is 5.97 Å². The van der Waals surface area contributed by atoms with Gasteiger partial charge in [0.2, 0.25) is 0 Å². The summed E-state index contributed by atoms with van der Waals surface area (Å²) in [5.74, 6) is -0.0197. The van der Waals surface area contributed by atoms with Crippen LogP contribution in [0.5, 0.6) is 5.75 Å². The van der Waals surface area contributed by atoms with Gasteiger partial charge in [-0.15, -0.1) is 24.8 Å². The van der Waals surface area contributed by atoms with Crippen molar-refractivity contribution in [3.05, 3.63) is 29.8 Å². The molecule has 2 rings (SSSR count). The van der Waals surface area contributed by atoms with Gasteiger partial charge in [-0.2, -0.15) is 0 Å². The van der Waals surface area contributed by atoms with Crippen molar-refractivity contribution < 1.29 is 14.6 Å². The molecular formula is C18H29Cl2NO3. The van der Waals surface area contributed by atoms with Crippen LogP contribution in [0, 0.1) is 5.92 Å². The minimum Gasteiger partial charge on any atom is -0.497 e. The normalized spacial score (nSPS) is 15.6. The van der Waals surface area contributed by atoms with Crippen LogP contribution in [0.4, 0.5) is 0 Å². The van der Waals surface area contributed by atoms with E-state index in [0.717, 1.165) is 44.4 Å². The van der Waals surface area contributed by atoms with Gasteiger partial charge in [0.1, 0.15) is 5.75 Å². The highest BCUT2D eigenvalue weighted by Gasteiger charge is 2.43. The second kappa shape index (κ2) is 10.8. The number of hydrogen-bond donors (Lipinski definition) is 2. The van der Waals surface area contributed by atoms with Crippen molar-refractivity contribution in [3.8, 4) is 5.75 Å². The Balaban J connectivity index is 0.00000264. The summed E-state index contributed by atoms with van der Waals surface area (Å²) in [5, 5.41) is 12.9. The Bertz CT molecular complexity index is 490. The van der Waals surface area contributed by atoms with Crippen molar-refractivity contribution in [1.29, 1.82) is 0 Å². The number of halogens is 2. The summed E-state index contributed by atoms with van der Waals surface area (Å²) in [5.41, 5.74) is 1.33. The van der Waals surface area contributed by atoms with Crippen molar-refractivity contribution >= 4 is 30.8 Å².